The number of hydrogen-bond acceptors (Lipinski definition) is 2. The highest BCUT2D eigenvalue weighted by atomic mass is 19.1. The van der Waals surface area contributed by atoms with Gasteiger partial charge in [0.15, 0.2) is 5.54 Å². The van der Waals surface area contributed by atoms with Crippen LogP contribution in [0.25, 0.3) is 0 Å². The maximum atomic E-state index is 13.4. The number of nitrogens with two attached hydrogens (primary N) is 1. The SMILES string of the molecule is CC(C)C(N)(C(=O)O)C(C)(C)F. The van der Waals surface area contributed by atoms with E-state index in [1.807, 2.05) is 0 Å². The molecular formula is C8H16FNO2. The number of rotatable bonds is 3. The van der Waals surface area contributed by atoms with Crippen molar-refractivity contribution < 1.29 is 14.3 Å². The topological polar surface area (TPSA) is 63.3 Å². The summed E-state index contributed by atoms with van der Waals surface area (Å²) in [5.41, 5.74) is 1.75. The van der Waals surface area contributed by atoms with Crippen LogP contribution in [-0.4, -0.2) is 22.3 Å². The molecular weight excluding hydrogens is 161 g/mol. The quantitative estimate of drug-likeness (QED) is 0.680. The Morgan fingerprint density at radius 2 is 1.83 bits per heavy atom. The van der Waals surface area contributed by atoms with Gasteiger partial charge in [-0.05, 0) is 19.8 Å². The highest BCUT2D eigenvalue weighted by Gasteiger charge is 2.51. The van der Waals surface area contributed by atoms with E-state index in [0.717, 1.165) is 0 Å². The van der Waals surface area contributed by atoms with Crippen LogP contribution in [0.4, 0.5) is 4.39 Å². The maximum absolute atomic E-state index is 13.4. The van der Waals surface area contributed by atoms with Gasteiger partial charge in [-0.3, -0.25) is 4.79 Å². The fraction of sp³-hybridized carbons (Fsp3) is 0.875. The third-order valence-electron chi connectivity index (χ3n) is 2.25. The molecule has 0 radical (unpaired) electrons. The van der Waals surface area contributed by atoms with E-state index >= 15 is 0 Å². The number of aliphatic carboxylic acids is 1. The predicted octanol–water partition coefficient (Wildman–Crippen LogP) is 1.17. The fourth-order valence-corrected chi connectivity index (χ4v) is 1.19. The van der Waals surface area contributed by atoms with Crippen LogP contribution in [-0.2, 0) is 4.79 Å². The zero-order valence-electron chi connectivity index (χ0n) is 7.89. The van der Waals surface area contributed by atoms with Crippen LogP contribution < -0.4 is 5.73 Å². The zero-order valence-corrected chi connectivity index (χ0v) is 7.89. The molecule has 0 bridgehead atoms. The molecule has 0 saturated heterocycles. The summed E-state index contributed by atoms with van der Waals surface area (Å²) >= 11 is 0. The van der Waals surface area contributed by atoms with E-state index in [-0.39, 0.29) is 0 Å². The van der Waals surface area contributed by atoms with Crippen LogP contribution >= 0.6 is 0 Å². The first-order valence-corrected chi connectivity index (χ1v) is 3.85. The van der Waals surface area contributed by atoms with Crippen molar-refractivity contribution in [3.05, 3.63) is 0 Å². The van der Waals surface area contributed by atoms with E-state index in [9.17, 15) is 9.18 Å². The molecule has 1 atom stereocenters. The molecule has 0 amide bonds. The first-order valence-electron chi connectivity index (χ1n) is 3.85. The van der Waals surface area contributed by atoms with E-state index in [4.69, 9.17) is 10.8 Å². The van der Waals surface area contributed by atoms with E-state index in [1.54, 1.807) is 13.8 Å². The third-order valence-corrected chi connectivity index (χ3v) is 2.25. The van der Waals surface area contributed by atoms with Gasteiger partial charge in [-0.1, -0.05) is 13.8 Å². The maximum Gasteiger partial charge on any atom is 0.327 e. The number of halogens is 1. The van der Waals surface area contributed by atoms with E-state index in [1.165, 1.54) is 13.8 Å². The van der Waals surface area contributed by atoms with Gasteiger partial charge in [0.2, 0.25) is 0 Å². The Morgan fingerprint density at radius 3 is 1.83 bits per heavy atom. The molecule has 0 aliphatic heterocycles. The second-order valence-electron chi connectivity index (χ2n) is 3.80. The largest absolute Gasteiger partial charge is 0.480 e. The molecule has 3 N–H and O–H groups in total. The molecule has 0 rings (SSSR count). The van der Waals surface area contributed by atoms with Gasteiger partial charge in [0, 0.05) is 0 Å². The Balaban J connectivity index is 5.02. The van der Waals surface area contributed by atoms with Crippen molar-refractivity contribution >= 4 is 5.97 Å². The van der Waals surface area contributed by atoms with Gasteiger partial charge >= 0.3 is 5.97 Å². The molecule has 72 valence electrons. The molecule has 4 heteroatoms. The molecule has 0 saturated carbocycles. The minimum atomic E-state index is -1.92. The second-order valence-corrected chi connectivity index (χ2v) is 3.80. The highest BCUT2D eigenvalue weighted by molar-refractivity contribution is 5.80. The molecule has 0 spiro atoms. The Labute approximate surface area is 71.8 Å². The van der Waals surface area contributed by atoms with Gasteiger partial charge in [-0.15, -0.1) is 0 Å². The lowest BCUT2D eigenvalue weighted by atomic mass is 9.76. The lowest BCUT2D eigenvalue weighted by Crippen LogP contribution is -2.64. The minimum Gasteiger partial charge on any atom is -0.480 e. The van der Waals surface area contributed by atoms with Crippen LogP contribution in [0.1, 0.15) is 27.7 Å². The van der Waals surface area contributed by atoms with Crippen molar-refractivity contribution in [2.24, 2.45) is 11.7 Å². The molecule has 0 aromatic rings. The average Bonchev–Trinajstić information content (AvgIpc) is 1.82. The van der Waals surface area contributed by atoms with Gasteiger partial charge in [0.1, 0.15) is 5.67 Å². The molecule has 0 aromatic carbocycles. The molecule has 12 heavy (non-hydrogen) atoms. The molecule has 0 fully saturated rings. The van der Waals surface area contributed by atoms with Crippen molar-refractivity contribution in [1.82, 2.24) is 0 Å². The third kappa shape index (κ3) is 1.58. The normalized spacial score (nSPS) is 17.6. The number of carboxylic acid groups (broad SMARTS) is 1. The Morgan fingerprint density at radius 1 is 1.50 bits per heavy atom. The summed E-state index contributed by atoms with van der Waals surface area (Å²) in [4.78, 5) is 10.7. The summed E-state index contributed by atoms with van der Waals surface area (Å²) in [5.74, 6) is -1.75. The summed E-state index contributed by atoms with van der Waals surface area (Å²) in [6.45, 7) is 5.55. The summed E-state index contributed by atoms with van der Waals surface area (Å²) in [6, 6.07) is 0. The Hall–Kier alpha value is -0.640. The molecule has 0 aliphatic carbocycles. The Bertz CT molecular complexity index is 186. The molecule has 3 nitrogen and oxygen atoms in total. The summed E-state index contributed by atoms with van der Waals surface area (Å²) in [6.07, 6.45) is 0. The first-order chi connectivity index (χ1) is 5.14. The van der Waals surface area contributed by atoms with Crippen LogP contribution in [0.15, 0.2) is 0 Å². The van der Waals surface area contributed by atoms with Crippen LogP contribution in [0.5, 0.6) is 0 Å². The second kappa shape index (κ2) is 3.01. The van der Waals surface area contributed by atoms with Gasteiger partial charge in [0.05, 0.1) is 0 Å². The molecule has 0 heterocycles. The van der Waals surface area contributed by atoms with Crippen LogP contribution in [0.2, 0.25) is 0 Å². The smallest absolute Gasteiger partial charge is 0.327 e. The van der Waals surface area contributed by atoms with Crippen molar-refractivity contribution in [3.63, 3.8) is 0 Å². The lowest BCUT2D eigenvalue weighted by molar-refractivity contribution is -0.151. The van der Waals surface area contributed by atoms with E-state index in [2.05, 4.69) is 0 Å². The van der Waals surface area contributed by atoms with Crippen molar-refractivity contribution in [2.75, 3.05) is 0 Å². The zero-order chi connectivity index (χ0) is 10.2. The molecule has 0 aliphatic rings. The molecule has 1 unspecified atom stereocenters. The number of carboxylic acids is 1. The lowest BCUT2D eigenvalue weighted by Gasteiger charge is -2.37. The van der Waals surface area contributed by atoms with Crippen LogP contribution in [0, 0.1) is 5.92 Å². The fourth-order valence-electron chi connectivity index (χ4n) is 1.19. The van der Waals surface area contributed by atoms with Gasteiger partial charge in [-0.2, -0.15) is 0 Å². The van der Waals surface area contributed by atoms with Gasteiger partial charge in [0.25, 0.3) is 0 Å². The number of hydrogen-bond donors (Lipinski definition) is 2. The number of alkyl halides is 1. The summed E-state index contributed by atoms with van der Waals surface area (Å²) in [7, 11) is 0. The number of carbonyl (C=O) groups is 1. The average molecular weight is 177 g/mol. The van der Waals surface area contributed by atoms with Gasteiger partial charge < -0.3 is 10.8 Å². The standard InChI is InChI=1S/C8H16FNO2/c1-5(2)8(10,6(11)12)7(3,4)9/h5H,10H2,1-4H3,(H,11,12). The Kier molecular flexibility index (Phi) is 2.85. The van der Waals surface area contributed by atoms with Crippen molar-refractivity contribution in [2.45, 2.75) is 38.9 Å². The summed E-state index contributed by atoms with van der Waals surface area (Å²) < 4.78 is 13.4. The monoisotopic (exact) mass is 177 g/mol. The van der Waals surface area contributed by atoms with Gasteiger partial charge in [-0.25, -0.2) is 4.39 Å². The predicted molar refractivity (Wildman–Crippen MR) is 44.6 cm³/mol. The molecule has 0 aromatic heterocycles. The first kappa shape index (κ1) is 11.4. The summed E-state index contributed by atoms with van der Waals surface area (Å²) in [5, 5.41) is 8.77. The van der Waals surface area contributed by atoms with Crippen molar-refractivity contribution in [3.8, 4) is 0 Å². The minimum absolute atomic E-state index is 0.449. The highest BCUT2D eigenvalue weighted by Crippen LogP contribution is 2.30. The van der Waals surface area contributed by atoms with Crippen LogP contribution in [0.3, 0.4) is 0 Å². The van der Waals surface area contributed by atoms with E-state index < -0.39 is 23.1 Å². The van der Waals surface area contributed by atoms with E-state index in [0.29, 0.717) is 0 Å². The van der Waals surface area contributed by atoms with Crippen molar-refractivity contribution in [1.29, 1.82) is 0 Å².